The number of benzene rings is 1. The van der Waals surface area contributed by atoms with Crippen molar-refractivity contribution in [2.75, 3.05) is 26.4 Å². The number of nitrogens with zero attached hydrogens (tertiary/aromatic N) is 1. The van der Waals surface area contributed by atoms with E-state index in [0.29, 0.717) is 31.1 Å². The van der Waals surface area contributed by atoms with Crippen LogP contribution < -0.4 is 0 Å². The second-order valence-corrected chi connectivity index (χ2v) is 6.81. The second-order valence-electron chi connectivity index (χ2n) is 6.81. The molecule has 3 aliphatic heterocycles. The molecule has 0 amide bonds. The van der Waals surface area contributed by atoms with Crippen LogP contribution in [0.1, 0.15) is 18.4 Å². The highest BCUT2D eigenvalue weighted by Crippen LogP contribution is 2.35. The van der Waals surface area contributed by atoms with Crippen molar-refractivity contribution < 1.29 is 14.3 Å². The highest BCUT2D eigenvalue weighted by atomic mass is 16.5. The van der Waals surface area contributed by atoms with E-state index in [9.17, 15) is 4.79 Å². The van der Waals surface area contributed by atoms with Gasteiger partial charge in [0.2, 0.25) is 0 Å². The van der Waals surface area contributed by atoms with Gasteiger partial charge in [-0.3, -0.25) is 9.69 Å². The quantitative estimate of drug-likeness (QED) is 0.851. The van der Waals surface area contributed by atoms with E-state index in [4.69, 9.17) is 9.47 Å². The van der Waals surface area contributed by atoms with Gasteiger partial charge in [0.1, 0.15) is 5.78 Å². The van der Waals surface area contributed by atoms with Crippen molar-refractivity contribution in [1.82, 2.24) is 4.90 Å². The van der Waals surface area contributed by atoms with Crippen molar-refractivity contribution in [3.8, 4) is 0 Å². The minimum absolute atomic E-state index is 0.160. The molecule has 3 heterocycles. The fourth-order valence-corrected chi connectivity index (χ4v) is 4.01. The molecule has 0 N–H and O–H groups in total. The van der Waals surface area contributed by atoms with E-state index >= 15 is 0 Å². The molecule has 118 valence electrons. The van der Waals surface area contributed by atoms with Gasteiger partial charge < -0.3 is 9.47 Å². The van der Waals surface area contributed by atoms with Crippen LogP contribution in [-0.4, -0.2) is 49.2 Å². The van der Waals surface area contributed by atoms with Crippen LogP contribution in [0.5, 0.6) is 0 Å². The predicted octanol–water partition coefficient (Wildman–Crippen LogP) is 1.88. The lowest BCUT2D eigenvalue weighted by atomic mass is 9.78. The van der Waals surface area contributed by atoms with Crippen molar-refractivity contribution in [2.24, 2.45) is 11.8 Å². The van der Waals surface area contributed by atoms with E-state index in [-0.39, 0.29) is 11.8 Å². The number of Topliss-reactive ketones (excluding diaryl/α,β-unsaturated/α-hetero) is 1. The molecule has 0 aromatic heterocycles. The van der Waals surface area contributed by atoms with Crippen LogP contribution in [-0.2, 0) is 20.8 Å². The van der Waals surface area contributed by atoms with Crippen molar-refractivity contribution in [3.05, 3.63) is 35.9 Å². The molecule has 1 aromatic rings. The van der Waals surface area contributed by atoms with E-state index in [1.807, 2.05) is 0 Å². The van der Waals surface area contributed by atoms with Gasteiger partial charge in [-0.25, -0.2) is 0 Å². The molecule has 2 bridgehead atoms. The number of morpholine rings is 1. The summed E-state index contributed by atoms with van der Waals surface area (Å²) < 4.78 is 10.9. The molecule has 2 atom stereocenters. The second kappa shape index (κ2) is 6.11. The lowest BCUT2D eigenvalue weighted by molar-refractivity contribution is -0.149. The van der Waals surface area contributed by atoms with Gasteiger partial charge in [-0.1, -0.05) is 30.3 Å². The monoisotopic (exact) mass is 301 g/mol. The Morgan fingerprint density at radius 1 is 0.955 bits per heavy atom. The molecular formula is C18H23NO3. The molecule has 2 unspecified atom stereocenters. The van der Waals surface area contributed by atoms with Gasteiger partial charge in [-0.2, -0.15) is 0 Å². The summed E-state index contributed by atoms with van der Waals surface area (Å²) in [5.74, 6) is 0.801. The number of piperidine rings is 1. The number of ketones is 1. The van der Waals surface area contributed by atoms with Gasteiger partial charge in [0.25, 0.3) is 0 Å². The number of hydrogen-bond donors (Lipinski definition) is 0. The van der Waals surface area contributed by atoms with E-state index in [0.717, 1.165) is 32.6 Å². The Morgan fingerprint density at radius 2 is 1.59 bits per heavy atom. The van der Waals surface area contributed by atoms with E-state index in [2.05, 4.69) is 35.2 Å². The third-order valence-electron chi connectivity index (χ3n) is 5.32. The first-order valence-corrected chi connectivity index (χ1v) is 8.30. The standard InChI is InChI=1S/C18H23NO3/c20-18(15-9-21-10-15)14-6-16-11-22-12-17(7-14)19(16)8-13-4-2-1-3-5-13/h1-5,14-17H,6-12H2. The van der Waals surface area contributed by atoms with Crippen LogP contribution in [0.25, 0.3) is 0 Å². The fraction of sp³-hybridized carbons (Fsp3) is 0.611. The maximum atomic E-state index is 12.5. The molecule has 4 rings (SSSR count). The zero-order valence-corrected chi connectivity index (χ0v) is 12.8. The zero-order valence-electron chi connectivity index (χ0n) is 12.8. The van der Waals surface area contributed by atoms with Crippen LogP contribution in [0, 0.1) is 11.8 Å². The lowest BCUT2D eigenvalue weighted by Gasteiger charge is -2.49. The first kappa shape index (κ1) is 14.4. The molecule has 4 heteroatoms. The summed E-state index contributed by atoms with van der Waals surface area (Å²) in [5, 5.41) is 0. The average molecular weight is 301 g/mol. The number of fused-ring (bicyclic) bond motifs is 2. The maximum Gasteiger partial charge on any atom is 0.143 e. The summed E-state index contributed by atoms with van der Waals surface area (Å²) >= 11 is 0. The Kier molecular flexibility index (Phi) is 3.99. The van der Waals surface area contributed by atoms with Crippen LogP contribution in [0.2, 0.25) is 0 Å². The highest BCUT2D eigenvalue weighted by Gasteiger charge is 2.43. The smallest absolute Gasteiger partial charge is 0.143 e. The fourth-order valence-electron chi connectivity index (χ4n) is 4.01. The van der Waals surface area contributed by atoms with E-state index in [1.165, 1.54) is 5.56 Å². The molecule has 0 aliphatic carbocycles. The van der Waals surface area contributed by atoms with Crippen molar-refractivity contribution >= 4 is 5.78 Å². The number of hydrogen-bond acceptors (Lipinski definition) is 4. The summed E-state index contributed by atoms with van der Waals surface area (Å²) in [4.78, 5) is 15.1. The normalized spacial score (nSPS) is 32.5. The van der Waals surface area contributed by atoms with Gasteiger partial charge in [-0.05, 0) is 18.4 Å². The Morgan fingerprint density at radius 3 is 2.18 bits per heavy atom. The largest absolute Gasteiger partial charge is 0.380 e. The van der Waals surface area contributed by atoms with Crippen LogP contribution in [0.4, 0.5) is 0 Å². The minimum atomic E-state index is 0.160. The molecule has 0 saturated carbocycles. The first-order chi connectivity index (χ1) is 10.8. The van der Waals surface area contributed by atoms with Gasteiger partial charge in [0.05, 0.1) is 32.3 Å². The molecule has 3 saturated heterocycles. The van der Waals surface area contributed by atoms with Crippen molar-refractivity contribution in [2.45, 2.75) is 31.5 Å². The van der Waals surface area contributed by atoms with E-state index in [1.54, 1.807) is 0 Å². The van der Waals surface area contributed by atoms with Crippen LogP contribution in [0.15, 0.2) is 30.3 Å². The Balaban J connectivity index is 1.46. The molecule has 0 radical (unpaired) electrons. The third-order valence-corrected chi connectivity index (χ3v) is 5.32. The third kappa shape index (κ3) is 2.71. The maximum absolute atomic E-state index is 12.5. The number of carbonyl (C=O) groups excluding carboxylic acids is 1. The van der Waals surface area contributed by atoms with Gasteiger partial charge >= 0.3 is 0 Å². The van der Waals surface area contributed by atoms with Crippen molar-refractivity contribution in [3.63, 3.8) is 0 Å². The number of rotatable bonds is 4. The number of carbonyl (C=O) groups is 1. The Bertz CT molecular complexity index is 514. The summed E-state index contributed by atoms with van der Waals surface area (Å²) in [5.41, 5.74) is 1.34. The molecule has 0 spiro atoms. The summed E-state index contributed by atoms with van der Waals surface area (Å²) in [6.07, 6.45) is 1.89. The topological polar surface area (TPSA) is 38.8 Å². The SMILES string of the molecule is O=C(C1COC1)C1CC2COCC(C1)N2Cc1ccccc1. The molecule has 3 aliphatic rings. The van der Waals surface area contributed by atoms with E-state index < -0.39 is 0 Å². The molecule has 4 nitrogen and oxygen atoms in total. The van der Waals surface area contributed by atoms with Gasteiger partial charge in [-0.15, -0.1) is 0 Å². The lowest BCUT2D eigenvalue weighted by Crippen LogP contribution is -2.58. The highest BCUT2D eigenvalue weighted by molar-refractivity contribution is 5.84. The first-order valence-electron chi connectivity index (χ1n) is 8.30. The van der Waals surface area contributed by atoms with Gasteiger partial charge in [0.15, 0.2) is 0 Å². The van der Waals surface area contributed by atoms with Crippen LogP contribution in [0.3, 0.4) is 0 Å². The zero-order chi connectivity index (χ0) is 14.9. The average Bonchev–Trinajstić information content (AvgIpc) is 2.46. The Labute approximate surface area is 131 Å². The summed E-state index contributed by atoms with van der Waals surface area (Å²) in [6.45, 7) is 3.75. The van der Waals surface area contributed by atoms with Crippen molar-refractivity contribution in [1.29, 1.82) is 0 Å². The summed E-state index contributed by atoms with van der Waals surface area (Å²) in [6, 6.07) is 11.4. The molecule has 1 aromatic carbocycles. The Hall–Kier alpha value is -1.23. The predicted molar refractivity (Wildman–Crippen MR) is 82.4 cm³/mol. The number of ether oxygens (including phenoxy) is 2. The molecular weight excluding hydrogens is 278 g/mol. The summed E-state index contributed by atoms with van der Waals surface area (Å²) in [7, 11) is 0. The molecule has 22 heavy (non-hydrogen) atoms. The molecule has 3 fully saturated rings. The van der Waals surface area contributed by atoms with Crippen LogP contribution >= 0.6 is 0 Å². The van der Waals surface area contributed by atoms with Gasteiger partial charge in [0, 0.05) is 24.5 Å². The minimum Gasteiger partial charge on any atom is -0.380 e.